The van der Waals surface area contributed by atoms with Crippen LogP contribution in [-0.4, -0.2) is 28.9 Å². The Morgan fingerprint density at radius 1 is 0.593 bits per heavy atom. The Morgan fingerprint density at radius 2 is 1.25 bits per heavy atom. The number of nitrogens with zero attached hydrogens (tertiary/aromatic N) is 2. The Labute approximate surface area is 340 Å². The second-order valence-corrected chi connectivity index (χ2v) is 13.9. The van der Waals surface area contributed by atoms with Gasteiger partial charge in [-0.3, -0.25) is 14.6 Å². The number of ether oxygens (including phenoxy) is 3. The molecule has 0 aliphatic carbocycles. The van der Waals surface area contributed by atoms with Crippen LogP contribution in [0.1, 0.15) is 43.0 Å². The lowest BCUT2D eigenvalue weighted by Gasteiger charge is -2.16. The first kappa shape index (κ1) is 38.3. The number of aromatic nitrogens is 2. The van der Waals surface area contributed by atoms with Gasteiger partial charge < -0.3 is 24.8 Å². The molecule has 0 aliphatic heterocycles. The van der Waals surface area contributed by atoms with E-state index in [2.05, 4.69) is 15.6 Å². The number of carbonyl (C=O) groups is 2. The first-order valence-corrected chi connectivity index (χ1v) is 19.0. The van der Waals surface area contributed by atoms with E-state index >= 15 is 0 Å². The Balaban J connectivity index is 1.07. The molecule has 6 aromatic carbocycles. The van der Waals surface area contributed by atoms with E-state index in [1.807, 2.05) is 98.8 Å². The predicted molar refractivity (Wildman–Crippen MR) is 227 cm³/mol. The molecule has 0 saturated carbocycles. The number of amides is 2. The molecule has 2 aromatic heterocycles. The topological polar surface area (TPSA) is 112 Å². The Bertz CT molecular complexity index is 2880. The molecule has 8 aromatic rings. The minimum absolute atomic E-state index is 0.183. The molecular weight excluding hydrogens is 744 g/mol. The van der Waals surface area contributed by atoms with Crippen molar-refractivity contribution in [3.05, 3.63) is 185 Å². The fourth-order valence-corrected chi connectivity index (χ4v) is 6.97. The van der Waals surface area contributed by atoms with Gasteiger partial charge in [0, 0.05) is 69.5 Å². The number of benzene rings is 6. The summed E-state index contributed by atoms with van der Waals surface area (Å²) in [4.78, 5) is 36.3. The molecular formula is C49H39FN4O5. The SMILES string of the molecule is COc1ccccc1CNC(=O)c1cccc(Oc2ccnc3ccc(-c4cc(Oc5cccc(C(=O)NCc6cccc(F)c6)c5C)c5ccccc5n4)cc23)c1C. The summed E-state index contributed by atoms with van der Waals surface area (Å²) < 4.78 is 32.3. The van der Waals surface area contributed by atoms with Crippen molar-refractivity contribution in [3.63, 3.8) is 0 Å². The smallest absolute Gasteiger partial charge is 0.251 e. The number of carbonyl (C=O) groups excluding carboxylic acids is 2. The molecule has 0 spiro atoms. The van der Waals surface area contributed by atoms with Crippen LogP contribution >= 0.6 is 0 Å². The van der Waals surface area contributed by atoms with Gasteiger partial charge in [-0.05, 0) is 92.2 Å². The highest BCUT2D eigenvalue weighted by atomic mass is 19.1. The van der Waals surface area contributed by atoms with Crippen LogP contribution < -0.4 is 24.8 Å². The van der Waals surface area contributed by atoms with Crippen LogP contribution in [0.15, 0.2) is 146 Å². The molecule has 10 heteroatoms. The average molecular weight is 783 g/mol. The first-order chi connectivity index (χ1) is 28.7. The number of hydrogen-bond acceptors (Lipinski definition) is 7. The largest absolute Gasteiger partial charge is 0.496 e. The number of methoxy groups -OCH3 is 1. The summed E-state index contributed by atoms with van der Waals surface area (Å²) >= 11 is 0. The number of hydrogen-bond donors (Lipinski definition) is 2. The van der Waals surface area contributed by atoms with Crippen molar-refractivity contribution in [2.24, 2.45) is 0 Å². The van der Waals surface area contributed by atoms with Gasteiger partial charge in [0.2, 0.25) is 0 Å². The molecule has 0 fully saturated rings. The normalized spacial score (nSPS) is 11.0. The maximum absolute atomic E-state index is 13.7. The Hall–Kier alpha value is -7.59. The van der Waals surface area contributed by atoms with Crippen molar-refractivity contribution < 1.29 is 28.2 Å². The van der Waals surface area contributed by atoms with Gasteiger partial charge in [-0.2, -0.15) is 0 Å². The van der Waals surface area contributed by atoms with Gasteiger partial charge in [0.15, 0.2) is 0 Å². The molecule has 2 heterocycles. The minimum Gasteiger partial charge on any atom is -0.496 e. The highest BCUT2D eigenvalue weighted by Gasteiger charge is 2.18. The molecule has 0 aliphatic rings. The number of fused-ring (bicyclic) bond motifs is 2. The molecule has 0 unspecified atom stereocenters. The van der Waals surface area contributed by atoms with E-state index in [0.717, 1.165) is 32.9 Å². The summed E-state index contributed by atoms with van der Waals surface area (Å²) in [5.41, 5.74) is 6.71. The van der Waals surface area contributed by atoms with E-state index in [4.69, 9.17) is 19.2 Å². The summed E-state index contributed by atoms with van der Waals surface area (Å²) in [7, 11) is 1.61. The number of para-hydroxylation sites is 2. The van der Waals surface area contributed by atoms with E-state index in [-0.39, 0.29) is 24.2 Å². The zero-order valence-electron chi connectivity index (χ0n) is 32.6. The third-order valence-electron chi connectivity index (χ3n) is 10.1. The van der Waals surface area contributed by atoms with Crippen molar-refractivity contribution in [1.29, 1.82) is 0 Å². The van der Waals surface area contributed by atoms with Crippen LogP contribution in [0.2, 0.25) is 0 Å². The van der Waals surface area contributed by atoms with Gasteiger partial charge in [0.05, 0.1) is 23.8 Å². The molecule has 292 valence electrons. The van der Waals surface area contributed by atoms with Crippen LogP contribution in [0.5, 0.6) is 28.7 Å². The zero-order chi connectivity index (χ0) is 40.9. The fourth-order valence-electron chi connectivity index (χ4n) is 6.97. The predicted octanol–water partition coefficient (Wildman–Crippen LogP) is 10.7. The zero-order valence-corrected chi connectivity index (χ0v) is 32.6. The van der Waals surface area contributed by atoms with E-state index in [1.165, 1.54) is 12.1 Å². The number of halogens is 1. The summed E-state index contributed by atoms with van der Waals surface area (Å²) in [5, 5.41) is 7.44. The summed E-state index contributed by atoms with van der Waals surface area (Å²) in [6, 6.07) is 41.7. The molecule has 59 heavy (non-hydrogen) atoms. The number of pyridine rings is 2. The maximum atomic E-state index is 13.7. The van der Waals surface area contributed by atoms with Gasteiger partial charge in [-0.15, -0.1) is 0 Å². The molecule has 0 radical (unpaired) electrons. The molecule has 2 N–H and O–H groups in total. The third-order valence-corrected chi connectivity index (χ3v) is 10.1. The van der Waals surface area contributed by atoms with Gasteiger partial charge in [0.25, 0.3) is 11.8 Å². The van der Waals surface area contributed by atoms with Crippen LogP contribution in [-0.2, 0) is 13.1 Å². The highest BCUT2D eigenvalue weighted by molar-refractivity contribution is 5.97. The summed E-state index contributed by atoms with van der Waals surface area (Å²) in [5.74, 6) is 1.99. The van der Waals surface area contributed by atoms with Crippen molar-refractivity contribution in [2.45, 2.75) is 26.9 Å². The van der Waals surface area contributed by atoms with E-state index in [1.54, 1.807) is 55.8 Å². The quantitative estimate of drug-likeness (QED) is 0.127. The highest BCUT2D eigenvalue weighted by Crippen LogP contribution is 2.38. The summed E-state index contributed by atoms with van der Waals surface area (Å²) in [6.07, 6.45) is 1.69. The van der Waals surface area contributed by atoms with Gasteiger partial charge in [-0.1, -0.05) is 60.7 Å². The van der Waals surface area contributed by atoms with E-state index in [0.29, 0.717) is 68.8 Å². The van der Waals surface area contributed by atoms with Crippen LogP contribution in [0, 0.1) is 19.7 Å². The molecule has 8 rings (SSSR count). The summed E-state index contributed by atoms with van der Waals surface area (Å²) in [6.45, 7) is 4.19. The lowest BCUT2D eigenvalue weighted by atomic mass is 10.0. The van der Waals surface area contributed by atoms with Crippen LogP contribution in [0.4, 0.5) is 4.39 Å². The lowest BCUT2D eigenvalue weighted by Crippen LogP contribution is -2.24. The molecule has 0 bridgehead atoms. The third kappa shape index (κ3) is 8.29. The molecule has 0 saturated heterocycles. The van der Waals surface area contributed by atoms with Crippen molar-refractivity contribution in [1.82, 2.24) is 20.6 Å². The van der Waals surface area contributed by atoms with Crippen LogP contribution in [0.25, 0.3) is 33.1 Å². The Morgan fingerprint density at radius 3 is 2.00 bits per heavy atom. The fraction of sp³-hybridized carbons (Fsp3) is 0.102. The lowest BCUT2D eigenvalue weighted by molar-refractivity contribution is 0.0941. The molecule has 9 nitrogen and oxygen atoms in total. The second kappa shape index (κ2) is 16.9. The van der Waals surface area contributed by atoms with Crippen molar-refractivity contribution >= 4 is 33.6 Å². The van der Waals surface area contributed by atoms with E-state index in [9.17, 15) is 14.0 Å². The number of rotatable bonds is 12. The molecule has 2 amide bonds. The minimum atomic E-state index is -0.359. The van der Waals surface area contributed by atoms with Crippen molar-refractivity contribution in [3.8, 4) is 40.0 Å². The standard InChI is InChI=1S/C49H39FN4O5/c1-30-37(49(56)53-29-34-12-4-7-18-45(34)57-3)16-9-19-43(30)58-46-23-24-51-40-22-21-33(26-39(40)46)42-27-47(38-14-5-6-17-41(38)54-42)59-44-20-10-15-36(31(44)2)48(55)52-28-32-11-8-13-35(50)25-32/h4-27H,28-29H2,1-3H3,(H,52,55)(H,53,56). The van der Waals surface area contributed by atoms with E-state index < -0.39 is 0 Å². The average Bonchev–Trinajstić information content (AvgIpc) is 3.26. The van der Waals surface area contributed by atoms with Gasteiger partial charge in [0.1, 0.15) is 34.6 Å². The second-order valence-electron chi connectivity index (χ2n) is 13.9. The first-order valence-electron chi connectivity index (χ1n) is 19.0. The Kier molecular flexibility index (Phi) is 10.9. The van der Waals surface area contributed by atoms with Crippen LogP contribution in [0.3, 0.4) is 0 Å². The van der Waals surface area contributed by atoms with Crippen molar-refractivity contribution in [2.75, 3.05) is 7.11 Å². The number of nitrogens with one attached hydrogen (secondary N) is 2. The maximum Gasteiger partial charge on any atom is 0.251 e. The van der Waals surface area contributed by atoms with Gasteiger partial charge >= 0.3 is 0 Å². The molecule has 0 atom stereocenters. The monoisotopic (exact) mass is 782 g/mol. The van der Waals surface area contributed by atoms with Gasteiger partial charge in [-0.25, -0.2) is 9.37 Å².